The summed E-state index contributed by atoms with van der Waals surface area (Å²) in [5.74, 6) is -1.20. The van der Waals surface area contributed by atoms with E-state index in [9.17, 15) is 35.1 Å². The van der Waals surface area contributed by atoms with Gasteiger partial charge in [-0.15, -0.1) is 0 Å². The van der Waals surface area contributed by atoms with Gasteiger partial charge in [-0.05, 0) is 23.6 Å². The minimum Gasteiger partial charge on any atom is -0.480 e. The van der Waals surface area contributed by atoms with Crippen molar-refractivity contribution in [3.8, 4) is 0 Å². The van der Waals surface area contributed by atoms with Crippen LogP contribution in [0, 0.1) is 30.3 Å². The molecule has 0 heterocycles. The lowest BCUT2D eigenvalue weighted by molar-refractivity contribution is -0.396. The van der Waals surface area contributed by atoms with E-state index in [1.54, 1.807) is 0 Å². The number of carbonyl (C=O) groups is 1. The molecule has 13 heteroatoms. The van der Waals surface area contributed by atoms with E-state index in [2.05, 4.69) is 0 Å². The van der Waals surface area contributed by atoms with Crippen molar-refractivity contribution in [2.75, 3.05) is 6.54 Å². The highest BCUT2D eigenvalue weighted by atomic mass is 32.2. The third-order valence-corrected chi connectivity index (χ3v) is 4.45. The van der Waals surface area contributed by atoms with E-state index in [1.165, 1.54) is 34.6 Å². The van der Waals surface area contributed by atoms with Crippen LogP contribution in [0.4, 0.5) is 17.1 Å². The van der Waals surface area contributed by atoms with Crippen LogP contribution in [0.3, 0.4) is 0 Å². The molecule has 0 saturated heterocycles. The number of nitro groups is 3. The number of hydrogen-bond donors (Lipinski definition) is 1. The molecule has 28 heavy (non-hydrogen) atoms. The first-order valence-electron chi connectivity index (χ1n) is 7.48. The van der Waals surface area contributed by atoms with Crippen molar-refractivity contribution in [3.63, 3.8) is 0 Å². The second kappa shape index (κ2) is 8.88. The average Bonchev–Trinajstić information content (AvgIpc) is 2.61. The summed E-state index contributed by atoms with van der Waals surface area (Å²) >= 11 is 0.752. The summed E-state index contributed by atoms with van der Waals surface area (Å²) in [7, 11) is 0. The predicted octanol–water partition coefficient (Wildman–Crippen LogP) is 3.01. The molecular formula is C15H12N4O8S. The molecule has 0 fully saturated rings. The average molecular weight is 408 g/mol. The molecule has 146 valence electrons. The van der Waals surface area contributed by atoms with Crippen molar-refractivity contribution in [2.45, 2.75) is 11.4 Å². The van der Waals surface area contributed by atoms with Crippen molar-refractivity contribution < 1.29 is 24.7 Å². The molecule has 0 aliphatic carbocycles. The van der Waals surface area contributed by atoms with Gasteiger partial charge in [0.05, 0.1) is 20.8 Å². The summed E-state index contributed by atoms with van der Waals surface area (Å²) in [5.41, 5.74) is -0.578. The van der Waals surface area contributed by atoms with Gasteiger partial charge in [-0.1, -0.05) is 12.1 Å². The maximum Gasteiger partial charge on any atom is 0.318 e. The van der Waals surface area contributed by atoms with Gasteiger partial charge >= 0.3 is 5.97 Å². The number of carboxylic acid groups (broad SMARTS) is 1. The molecule has 0 aromatic heterocycles. The van der Waals surface area contributed by atoms with Crippen LogP contribution < -0.4 is 0 Å². The van der Waals surface area contributed by atoms with Crippen LogP contribution in [0.5, 0.6) is 0 Å². The second-order valence-electron chi connectivity index (χ2n) is 5.37. The van der Waals surface area contributed by atoms with Crippen LogP contribution in [0.15, 0.2) is 47.4 Å². The van der Waals surface area contributed by atoms with Gasteiger partial charge in [0.15, 0.2) is 0 Å². The molecule has 0 bridgehead atoms. The Bertz CT molecular complexity index is 934. The molecule has 0 saturated carbocycles. The zero-order valence-electron chi connectivity index (χ0n) is 14.0. The molecular weight excluding hydrogens is 396 g/mol. The van der Waals surface area contributed by atoms with Crippen LogP contribution >= 0.6 is 11.9 Å². The van der Waals surface area contributed by atoms with Gasteiger partial charge < -0.3 is 5.11 Å². The maximum atomic E-state index is 11.2. The largest absolute Gasteiger partial charge is 0.480 e. The highest BCUT2D eigenvalue weighted by Gasteiger charge is 2.23. The number of carboxylic acids is 1. The molecule has 0 spiro atoms. The molecule has 0 atom stereocenters. The Morgan fingerprint density at radius 2 is 1.50 bits per heavy atom. The van der Waals surface area contributed by atoms with E-state index >= 15 is 0 Å². The fraction of sp³-hybridized carbons (Fsp3) is 0.133. The van der Waals surface area contributed by atoms with E-state index in [4.69, 9.17) is 5.11 Å². The predicted molar refractivity (Wildman–Crippen MR) is 96.8 cm³/mol. The van der Waals surface area contributed by atoms with E-state index < -0.39 is 38.7 Å². The fourth-order valence-electron chi connectivity index (χ4n) is 2.18. The highest BCUT2D eigenvalue weighted by Crippen LogP contribution is 2.35. The minimum absolute atomic E-state index is 0.0170. The normalized spacial score (nSPS) is 10.6. The summed E-state index contributed by atoms with van der Waals surface area (Å²) < 4.78 is 1.29. The molecule has 0 unspecified atom stereocenters. The van der Waals surface area contributed by atoms with Crippen molar-refractivity contribution in [3.05, 3.63) is 78.4 Å². The number of hydrogen-bond acceptors (Lipinski definition) is 9. The van der Waals surface area contributed by atoms with Crippen molar-refractivity contribution in [2.24, 2.45) is 0 Å². The number of rotatable bonds is 9. The molecule has 1 N–H and O–H groups in total. The smallest absolute Gasteiger partial charge is 0.318 e. The van der Waals surface area contributed by atoms with Crippen LogP contribution in [-0.4, -0.2) is 36.7 Å². The maximum absolute atomic E-state index is 11.2. The van der Waals surface area contributed by atoms with Crippen LogP contribution in [-0.2, 0) is 11.3 Å². The third kappa shape index (κ3) is 5.46. The topological polar surface area (TPSA) is 170 Å². The number of aliphatic carboxylic acids is 1. The zero-order valence-corrected chi connectivity index (χ0v) is 14.8. The van der Waals surface area contributed by atoms with Crippen LogP contribution in [0.25, 0.3) is 0 Å². The Morgan fingerprint density at radius 3 is 2.00 bits per heavy atom. The van der Waals surface area contributed by atoms with Gasteiger partial charge in [-0.25, -0.2) is 4.31 Å². The molecule has 0 aliphatic heterocycles. The van der Waals surface area contributed by atoms with E-state index in [0.717, 1.165) is 24.1 Å². The number of benzene rings is 2. The molecule has 0 aliphatic rings. The molecule has 12 nitrogen and oxygen atoms in total. The van der Waals surface area contributed by atoms with Gasteiger partial charge in [0.25, 0.3) is 17.1 Å². The van der Waals surface area contributed by atoms with Crippen LogP contribution in [0.1, 0.15) is 5.56 Å². The van der Waals surface area contributed by atoms with Crippen molar-refractivity contribution in [1.82, 2.24) is 4.31 Å². The highest BCUT2D eigenvalue weighted by molar-refractivity contribution is 7.97. The molecule has 0 radical (unpaired) electrons. The summed E-state index contributed by atoms with van der Waals surface area (Å²) in [5, 5.41) is 41.8. The summed E-state index contributed by atoms with van der Waals surface area (Å²) in [4.78, 5) is 41.8. The Kier molecular flexibility index (Phi) is 6.57. The van der Waals surface area contributed by atoms with Crippen molar-refractivity contribution >= 4 is 35.0 Å². The molecule has 0 amide bonds. The lowest BCUT2D eigenvalue weighted by atomic mass is 10.2. The quantitative estimate of drug-likeness (QED) is 0.369. The molecule has 2 aromatic carbocycles. The first-order valence-corrected chi connectivity index (χ1v) is 8.25. The molecule has 2 rings (SSSR count). The summed E-state index contributed by atoms with van der Waals surface area (Å²) in [6, 6.07) is 8.45. The second-order valence-corrected chi connectivity index (χ2v) is 6.51. The number of nitrogens with zero attached hydrogens (tertiary/aromatic N) is 4. The van der Waals surface area contributed by atoms with Gasteiger partial charge in [-0.3, -0.25) is 35.1 Å². The number of non-ortho nitro benzene ring substituents is 2. The SMILES string of the molecule is O=C(O)CN(Cc1ccc([N+](=O)[O-])cc1)Sc1ccc([N+](=O)[O-])cc1[N+](=O)[O-]. The Hall–Kier alpha value is -3.58. The van der Waals surface area contributed by atoms with E-state index in [1.807, 2.05) is 0 Å². The zero-order chi connectivity index (χ0) is 20.8. The Morgan fingerprint density at radius 1 is 0.929 bits per heavy atom. The lowest BCUT2D eigenvalue weighted by Gasteiger charge is -2.19. The Balaban J connectivity index is 2.29. The molecule has 2 aromatic rings. The van der Waals surface area contributed by atoms with Crippen molar-refractivity contribution in [1.29, 1.82) is 0 Å². The fourth-order valence-corrected chi connectivity index (χ4v) is 3.20. The summed E-state index contributed by atoms with van der Waals surface area (Å²) in [6.07, 6.45) is 0. The van der Waals surface area contributed by atoms with Gasteiger partial charge in [-0.2, -0.15) is 0 Å². The Labute approximate surface area is 161 Å². The summed E-state index contributed by atoms with van der Waals surface area (Å²) in [6.45, 7) is -0.473. The minimum atomic E-state index is -1.20. The van der Waals surface area contributed by atoms with E-state index in [-0.39, 0.29) is 17.1 Å². The lowest BCUT2D eigenvalue weighted by Crippen LogP contribution is -2.23. The van der Waals surface area contributed by atoms with E-state index in [0.29, 0.717) is 5.56 Å². The standard InChI is InChI=1S/C15H12N4O8S/c20-15(21)9-16(8-10-1-3-11(4-2-10)17(22)23)28-14-6-5-12(18(24)25)7-13(14)19(26)27/h1-7H,8-9H2,(H,20,21). The first kappa shape index (κ1) is 20.7. The number of nitro benzene ring substituents is 3. The monoisotopic (exact) mass is 408 g/mol. The van der Waals surface area contributed by atoms with Gasteiger partial charge in [0.1, 0.15) is 11.4 Å². The first-order chi connectivity index (χ1) is 13.2. The third-order valence-electron chi connectivity index (χ3n) is 3.40. The van der Waals surface area contributed by atoms with Gasteiger partial charge in [0.2, 0.25) is 0 Å². The van der Waals surface area contributed by atoms with Crippen LogP contribution in [0.2, 0.25) is 0 Å². The van der Waals surface area contributed by atoms with Gasteiger partial charge in [0, 0.05) is 24.7 Å².